The number of hydrogen-bond donors (Lipinski definition) is 0. The van der Waals surface area contributed by atoms with Gasteiger partial charge in [0.1, 0.15) is 6.10 Å². The van der Waals surface area contributed by atoms with E-state index in [0.29, 0.717) is 28.2 Å². The summed E-state index contributed by atoms with van der Waals surface area (Å²) in [7, 11) is 3.40. The Bertz CT molecular complexity index is 908. The molecule has 1 aliphatic heterocycles. The zero-order valence-corrected chi connectivity index (χ0v) is 20.1. The van der Waals surface area contributed by atoms with E-state index < -0.39 is 0 Å². The molecule has 8 heteroatoms. The predicted octanol–water partition coefficient (Wildman–Crippen LogP) is 5.33. The van der Waals surface area contributed by atoms with Gasteiger partial charge >= 0.3 is 6.03 Å². The summed E-state index contributed by atoms with van der Waals surface area (Å²) >= 11 is 12.5. The number of likely N-dealkylation sites (tertiary alicyclic amines) is 1. The number of para-hydroxylation sites is 1. The van der Waals surface area contributed by atoms with Crippen LogP contribution in [0.3, 0.4) is 0 Å². The monoisotopic (exact) mass is 476 g/mol. The Labute approximate surface area is 200 Å². The van der Waals surface area contributed by atoms with E-state index in [2.05, 4.69) is 9.88 Å². The van der Waals surface area contributed by atoms with Crippen LogP contribution in [0.2, 0.25) is 10.0 Å². The summed E-state index contributed by atoms with van der Waals surface area (Å²) in [6, 6.07) is 8.81. The minimum Gasteiger partial charge on any atom is -0.474 e. The average molecular weight is 477 g/mol. The number of piperidine rings is 1. The van der Waals surface area contributed by atoms with Crippen LogP contribution in [-0.2, 0) is 6.54 Å². The number of carbonyl (C=O) groups is 1. The molecular weight excluding hydrogens is 447 g/mol. The molecule has 2 heterocycles. The molecule has 4 rings (SSSR count). The smallest absolute Gasteiger partial charge is 0.324 e. The lowest BCUT2D eigenvalue weighted by molar-refractivity contribution is 0.0944. The Morgan fingerprint density at radius 2 is 1.78 bits per heavy atom. The largest absolute Gasteiger partial charge is 0.474 e. The number of benzene rings is 1. The third-order valence-electron chi connectivity index (χ3n) is 6.14. The van der Waals surface area contributed by atoms with Gasteiger partial charge in [0.05, 0.1) is 15.7 Å². The van der Waals surface area contributed by atoms with Crippen molar-refractivity contribution >= 4 is 34.9 Å². The van der Waals surface area contributed by atoms with Gasteiger partial charge in [-0.25, -0.2) is 9.78 Å². The van der Waals surface area contributed by atoms with Gasteiger partial charge < -0.3 is 14.5 Å². The molecule has 0 atom stereocenters. The Morgan fingerprint density at radius 3 is 2.38 bits per heavy atom. The lowest BCUT2D eigenvalue weighted by Gasteiger charge is -2.31. The van der Waals surface area contributed by atoms with Crippen molar-refractivity contribution in [2.24, 2.45) is 5.92 Å². The SMILES string of the molecule is CN(Cc1ccc(OC2CCN(CC3CC3)CC2)nc1)C(=O)N(C)c1c(Cl)cccc1Cl. The number of hydrogen-bond acceptors (Lipinski definition) is 4. The second kappa shape index (κ2) is 10.3. The lowest BCUT2D eigenvalue weighted by Crippen LogP contribution is -2.39. The first kappa shape index (κ1) is 23.1. The summed E-state index contributed by atoms with van der Waals surface area (Å²) in [6.45, 7) is 3.88. The number of halogens is 2. The topological polar surface area (TPSA) is 48.9 Å². The standard InChI is InChI=1S/C24H30Cl2N4O2/c1-28(24(31)29(2)23-20(25)4-3-5-21(23)26)15-18-8-9-22(27-14-18)32-19-10-12-30(13-11-19)16-17-6-7-17/h3-5,8-9,14,17,19H,6-7,10-13,15-16H2,1-2H3. The van der Waals surface area contributed by atoms with E-state index in [4.69, 9.17) is 27.9 Å². The zero-order valence-electron chi connectivity index (χ0n) is 18.6. The maximum Gasteiger partial charge on any atom is 0.324 e. The van der Waals surface area contributed by atoms with Crippen molar-refractivity contribution in [3.8, 4) is 5.88 Å². The summed E-state index contributed by atoms with van der Waals surface area (Å²) in [4.78, 5) is 23.0. The van der Waals surface area contributed by atoms with Crippen LogP contribution in [0.15, 0.2) is 36.5 Å². The van der Waals surface area contributed by atoms with Crippen LogP contribution in [0.25, 0.3) is 0 Å². The van der Waals surface area contributed by atoms with Crippen molar-refractivity contribution < 1.29 is 9.53 Å². The Balaban J connectivity index is 1.28. The van der Waals surface area contributed by atoms with Gasteiger partial charge in [-0.3, -0.25) is 4.90 Å². The number of anilines is 1. The summed E-state index contributed by atoms with van der Waals surface area (Å²) in [5.74, 6) is 1.58. The van der Waals surface area contributed by atoms with Crippen molar-refractivity contribution in [2.45, 2.75) is 38.3 Å². The number of rotatable bonds is 7. The summed E-state index contributed by atoms with van der Waals surface area (Å²) in [5.41, 5.74) is 1.42. The molecule has 172 valence electrons. The van der Waals surface area contributed by atoms with Crippen molar-refractivity contribution in [2.75, 3.05) is 38.6 Å². The van der Waals surface area contributed by atoms with Crippen LogP contribution in [0.5, 0.6) is 5.88 Å². The molecule has 32 heavy (non-hydrogen) atoms. The van der Waals surface area contributed by atoms with Crippen molar-refractivity contribution in [1.29, 1.82) is 0 Å². The predicted molar refractivity (Wildman–Crippen MR) is 129 cm³/mol. The van der Waals surface area contributed by atoms with Gasteiger partial charge in [-0.1, -0.05) is 35.3 Å². The summed E-state index contributed by atoms with van der Waals surface area (Å²) < 4.78 is 6.10. The molecule has 2 aromatic rings. The highest BCUT2D eigenvalue weighted by molar-refractivity contribution is 6.39. The Morgan fingerprint density at radius 1 is 1.09 bits per heavy atom. The summed E-state index contributed by atoms with van der Waals surface area (Å²) in [6.07, 6.45) is 6.88. The maximum atomic E-state index is 12.9. The first-order valence-corrected chi connectivity index (χ1v) is 11.9. The average Bonchev–Trinajstić information content (AvgIpc) is 3.59. The molecule has 1 aliphatic carbocycles. The van der Waals surface area contributed by atoms with Gasteiger partial charge in [-0.15, -0.1) is 0 Å². The van der Waals surface area contributed by atoms with E-state index in [1.807, 2.05) is 12.1 Å². The summed E-state index contributed by atoms with van der Waals surface area (Å²) in [5, 5.41) is 0.867. The van der Waals surface area contributed by atoms with Crippen molar-refractivity contribution in [1.82, 2.24) is 14.8 Å². The molecule has 1 saturated heterocycles. The van der Waals surface area contributed by atoms with Gasteiger partial charge in [0.2, 0.25) is 5.88 Å². The van der Waals surface area contributed by atoms with Crippen LogP contribution in [0, 0.1) is 5.92 Å². The van der Waals surface area contributed by atoms with Crippen LogP contribution >= 0.6 is 23.2 Å². The highest BCUT2D eigenvalue weighted by atomic mass is 35.5. The second-order valence-corrected chi connectivity index (χ2v) is 9.65. The second-order valence-electron chi connectivity index (χ2n) is 8.83. The number of nitrogens with zero attached hydrogens (tertiary/aromatic N) is 4. The van der Waals surface area contributed by atoms with Crippen LogP contribution < -0.4 is 9.64 Å². The molecule has 2 fully saturated rings. The number of pyridine rings is 1. The molecule has 0 radical (unpaired) electrons. The van der Waals surface area contributed by atoms with E-state index >= 15 is 0 Å². The Hall–Kier alpha value is -2.02. The first-order valence-electron chi connectivity index (χ1n) is 11.2. The van der Waals surface area contributed by atoms with E-state index in [9.17, 15) is 4.79 Å². The van der Waals surface area contributed by atoms with Gasteiger partial charge in [0.15, 0.2) is 0 Å². The molecule has 0 bridgehead atoms. The van der Waals surface area contributed by atoms with E-state index in [1.165, 1.54) is 24.3 Å². The van der Waals surface area contributed by atoms with Gasteiger partial charge in [0, 0.05) is 52.5 Å². The highest BCUT2D eigenvalue weighted by Gasteiger charge is 2.27. The van der Waals surface area contributed by atoms with E-state index in [-0.39, 0.29) is 12.1 Å². The third-order valence-corrected chi connectivity index (χ3v) is 6.75. The van der Waals surface area contributed by atoms with Crippen LogP contribution in [0.1, 0.15) is 31.2 Å². The third kappa shape index (κ3) is 5.85. The minimum absolute atomic E-state index is 0.210. The number of urea groups is 1. The first-order chi connectivity index (χ1) is 15.4. The number of carbonyl (C=O) groups excluding carboxylic acids is 1. The van der Waals surface area contributed by atoms with Gasteiger partial charge in [-0.2, -0.15) is 0 Å². The van der Waals surface area contributed by atoms with Gasteiger partial charge in [-0.05, 0) is 49.3 Å². The molecule has 0 spiro atoms. The maximum absolute atomic E-state index is 12.9. The van der Waals surface area contributed by atoms with Crippen molar-refractivity contribution in [3.05, 3.63) is 52.1 Å². The normalized spacial score (nSPS) is 17.2. The number of amides is 2. The van der Waals surface area contributed by atoms with Gasteiger partial charge in [0.25, 0.3) is 0 Å². The lowest BCUT2D eigenvalue weighted by atomic mass is 10.1. The minimum atomic E-state index is -0.210. The Kier molecular flexibility index (Phi) is 7.44. The van der Waals surface area contributed by atoms with Crippen molar-refractivity contribution in [3.63, 3.8) is 0 Å². The van der Waals surface area contributed by atoms with E-state index in [0.717, 1.165) is 37.4 Å². The quantitative estimate of drug-likeness (QED) is 0.541. The van der Waals surface area contributed by atoms with E-state index in [1.54, 1.807) is 43.4 Å². The molecule has 2 aliphatic rings. The van der Waals surface area contributed by atoms with Crippen LogP contribution in [0.4, 0.5) is 10.5 Å². The number of aromatic nitrogens is 1. The molecule has 1 aromatic carbocycles. The molecule has 1 aromatic heterocycles. The fraction of sp³-hybridized carbons (Fsp3) is 0.500. The van der Waals surface area contributed by atoms with Crippen LogP contribution in [-0.4, -0.2) is 60.6 Å². The molecule has 2 amide bonds. The molecule has 6 nitrogen and oxygen atoms in total. The molecule has 0 unspecified atom stereocenters. The fourth-order valence-electron chi connectivity index (χ4n) is 4.12. The zero-order chi connectivity index (χ0) is 22.7. The highest BCUT2D eigenvalue weighted by Crippen LogP contribution is 2.33. The number of ether oxygens (including phenoxy) is 1. The molecule has 1 saturated carbocycles. The molecular formula is C24H30Cl2N4O2. The molecule has 0 N–H and O–H groups in total. The fourth-order valence-corrected chi connectivity index (χ4v) is 4.77.